The topological polar surface area (TPSA) is 12.0 Å². The molecule has 0 spiro atoms. The third-order valence-corrected chi connectivity index (χ3v) is 3.97. The molecule has 92 valence electrons. The number of hydrogen-bond donors (Lipinski definition) is 1. The van der Waals surface area contributed by atoms with E-state index in [-0.39, 0.29) is 0 Å². The van der Waals surface area contributed by atoms with Crippen LogP contribution in [-0.2, 0) is 0 Å². The third kappa shape index (κ3) is 5.01. The van der Waals surface area contributed by atoms with Crippen LogP contribution in [0.1, 0.15) is 67.2 Å². The molecule has 0 aliphatic heterocycles. The van der Waals surface area contributed by atoms with E-state index in [1.54, 1.807) is 0 Å². The average Bonchev–Trinajstić information content (AvgIpc) is 2.28. The maximum absolute atomic E-state index is 3.85. The molecule has 0 rings (SSSR count). The molecule has 0 aliphatic carbocycles. The Morgan fingerprint density at radius 1 is 0.667 bits per heavy atom. The Hall–Kier alpha value is -0.0400. The highest BCUT2D eigenvalue weighted by atomic mass is 15.0. The van der Waals surface area contributed by atoms with E-state index in [2.05, 4.69) is 46.9 Å². The molecule has 4 atom stereocenters. The lowest BCUT2D eigenvalue weighted by atomic mass is 9.91. The first-order chi connectivity index (χ1) is 7.10. The van der Waals surface area contributed by atoms with E-state index >= 15 is 0 Å². The Labute approximate surface area is 97.0 Å². The first kappa shape index (κ1) is 15.0. The van der Waals surface area contributed by atoms with Crippen molar-refractivity contribution >= 4 is 0 Å². The molecule has 0 radical (unpaired) electrons. The Kier molecular flexibility index (Phi) is 8.13. The van der Waals surface area contributed by atoms with E-state index in [0.29, 0.717) is 12.1 Å². The maximum atomic E-state index is 3.85. The standard InChI is InChI=1S/C14H31N/c1-7-11(5)13(9-3)15-14(10-4)12(6)8-2/h11-15H,7-10H2,1-6H3. The Morgan fingerprint density at radius 2 is 1.00 bits per heavy atom. The molecule has 15 heavy (non-hydrogen) atoms. The van der Waals surface area contributed by atoms with Crippen molar-refractivity contribution in [2.45, 2.75) is 79.3 Å². The van der Waals surface area contributed by atoms with Crippen molar-refractivity contribution in [2.24, 2.45) is 11.8 Å². The zero-order valence-corrected chi connectivity index (χ0v) is 11.6. The lowest BCUT2D eigenvalue weighted by Crippen LogP contribution is -2.44. The van der Waals surface area contributed by atoms with Crippen LogP contribution in [0.2, 0.25) is 0 Å². The highest BCUT2D eigenvalue weighted by molar-refractivity contribution is 4.79. The van der Waals surface area contributed by atoms with Crippen LogP contribution in [0.25, 0.3) is 0 Å². The van der Waals surface area contributed by atoms with Crippen LogP contribution in [0.15, 0.2) is 0 Å². The van der Waals surface area contributed by atoms with Crippen molar-refractivity contribution < 1.29 is 0 Å². The highest BCUT2D eigenvalue weighted by Crippen LogP contribution is 2.17. The molecule has 0 aromatic carbocycles. The van der Waals surface area contributed by atoms with Gasteiger partial charge in [-0.15, -0.1) is 0 Å². The predicted molar refractivity (Wildman–Crippen MR) is 70.2 cm³/mol. The number of hydrogen-bond acceptors (Lipinski definition) is 1. The van der Waals surface area contributed by atoms with Gasteiger partial charge in [-0.3, -0.25) is 0 Å². The molecule has 0 aliphatic rings. The summed E-state index contributed by atoms with van der Waals surface area (Å²) in [5.41, 5.74) is 0. The fourth-order valence-electron chi connectivity index (χ4n) is 2.21. The molecular formula is C14H31N. The Bertz CT molecular complexity index is 128. The van der Waals surface area contributed by atoms with E-state index < -0.39 is 0 Å². The molecule has 0 bridgehead atoms. The van der Waals surface area contributed by atoms with Crippen molar-refractivity contribution in [3.05, 3.63) is 0 Å². The van der Waals surface area contributed by atoms with Crippen LogP contribution in [0.3, 0.4) is 0 Å². The summed E-state index contributed by atoms with van der Waals surface area (Å²) in [6.07, 6.45) is 5.06. The summed E-state index contributed by atoms with van der Waals surface area (Å²) in [4.78, 5) is 0. The summed E-state index contributed by atoms with van der Waals surface area (Å²) >= 11 is 0. The SMILES string of the molecule is CCC(C)C(CC)NC(CC)C(C)CC. The molecule has 0 fully saturated rings. The quantitative estimate of drug-likeness (QED) is 0.636. The molecule has 1 nitrogen and oxygen atoms in total. The van der Waals surface area contributed by atoms with E-state index in [0.717, 1.165) is 11.8 Å². The van der Waals surface area contributed by atoms with Gasteiger partial charge in [0.25, 0.3) is 0 Å². The molecule has 1 heteroatoms. The smallest absolute Gasteiger partial charge is 0.00926 e. The second-order valence-corrected chi connectivity index (χ2v) is 4.97. The fourth-order valence-corrected chi connectivity index (χ4v) is 2.21. The van der Waals surface area contributed by atoms with E-state index in [1.165, 1.54) is 25.7 Å². The van der Waals surface area contributed by atoms with Gasteiger partial charge in [0.1, 0.15) is 0 Å². The molecule has 4 unspecified atom stereocenters. The number of nitrogens with one attached hydrogen (secondary N) is 1. The molecule has 0 aromatic rings. The van der Waals surface area contributed by atoms with Gasteiger partial charge in [0.15, 0.2) is 0 Å². The normalized spacial score (nSPS) is 19.6. The second kappa shape index (κ2) is 8.15. The van der Waals surface area contributed by atoms with Gasteiger partial charge in [0, 0.05) is 12.1 Å². The van der Waals surface area contributed by atoms with Gasteiger partial charge in [-0.1, -0.05) is 54.4 Å². The minimum Gasteiger partial charge on any atom is -0.311 e. The van der Waals surface area contributed by atoms with Gasteiger partial charge in [-0.05, 0) is 24.7 Å². The van der Waals surface area contributed by atoms with Crippen molar-refractivity contribution in [3.63, 3.8) is 0 Å². The van der Waals surface area contributed by atoms with E-state index in [4.69, 9.17) is 0 Å². The summed E-state index contributed by atoms with van der Waals surface area (Å²) in [5.74, 6) is 1.60. The van der Waals surface area contributed by atoms with Gasteiger partial charge < -0.3 is 5.32 Å². The van der Waals surface area contributed by atoms with Crippen LogP contribution in [0.4, 0.5) is 0 Å². The average molecular weight is 213 g/mol. The van der Waals surface area contributed by atoms with Gasteiger partial charge in [0.05, 0.1) is 0 Å². The highest BCUT2D eigenvalue weighted by Gasteiger charge is 2.20. The van der Waals surface area contributed by atoms with Crippen molar-refractivity contribution in [1.29, 1.82) is 0 Å². The second-order valence-electron chi connectivity index (χ2n) is 4.97. The zero-order chi connectivity index (χ0) is 11.8. The van der Waals surface area contributed by atoms with Gasteiger partial charge >= 0.3 is 0 Å². The minimum absolute atomic E-state index is 0.703. The monoisotopic (exact) mass is 213 g/mol. The summed E-state index contributed by atoms with van der Waals surface area (Å²) < 4.78 is 0. The summed E-state index contributed by atoms with van der Waals surface area (Å²) in [7, 11) is 0. The fraction of sp³-hybridized carbons (Fsp3) is 1.00. The van der Waals surface area contributed by atoms with Crippen molar-refractivity contribution in [3.8, 4) is 0 Å². The van der Waals surface area contributed by atoms with Crippen LogP contribution in [0.5, 0.6) is 0 Å². The molecule has 0 heterocycles. The molecule has 0 saturated heterocycles. The first-order valence-electron chi connectivity index (χ1n) is 6.86. The molecule has 0 aromatic heterocycles. The summed E-state index contributed by atoms with van der Waals surface area (Å²) in [5, 5.41) is 3.85. The van der Waals surface area contributed by atoms with Gasteiger partial charge in [-0.2, -0.15) is 0 Å². The Morgan fingerprint density at radius 3 is 1.20 bits per heavy atom. The van der Waals surface area contributed by atoms with Crippen molar-refractivity contribution in [1.82, 2.24) is 5.32 Å². The summed E-state index contributed by atoms with van der Waals surface area (Å²) in [6.45, 7) is 13.9. The van der Waals surface area contributed by atoms with Gasteiger partial charge in [0.2, 0.25) is 0 Å². The summed E-state index contributed by atoms with van der Waals surface area (Å²) in [6, 6.07) is 1.41. The van der Waals surface area contributed by atoms with Crippen LogP contribution in [0, 0.1) is 11.8 Å². The maximum Gasteiger partial charge on any atom is 0.00926 e. The zero-order valence-electron chi connectivity index (χ0n) is 11.6. The largest absolute Gasteiger partial charge is 0.311 e. The molecule has 0 amide bonds. The molecular weight excluding hydrogens is 182 g/mol. The van der Waals surface area contributed by atoms with Crippen LogP contribution >= 0.6 is 0 Å². The van der Waals surface area contributed by atoms with Crippen LogP contribution < -0.4 is 5.32 Å². The first-order valence-corrected chi connectivity index (χ1v) is 6.86. The number of rotatable bonds is 8. The van der Waals surface area contributed by atoms with E-state index in [9.17, 15) is 0 Å². The Balaban J connectivity index is 4.23. The lowest BCUT2D eigenvalue weighted by molar-refractivity contribution is 0.266. The molecule has 1 N–H and O–H groups in total. The lowest BCUT2D eigenvalue weighted by Gasteiger charge is -2.31. The van der Waals surface area contributed by atoms with Crippen molar-refractivity contribution in [2.75, 3.05) is 0 Å². The minimum atomic E-state index is 0.703. The van der Waals surface area contributed by atoms with Crippen LogP contribution in [-0.4, -0.2) is 12.1 Å². The van der Waals surface area contributed by atoms with Gasteiger partial charge in [-0.25, -0.2) is 0 Å². The van der Waals surface area contributed by atoms with E-state index in [1.807, 2.05) is 0 Å². The predicted octanol–water partition coefficient (Wildman–Crippen LogP) is 4.23. The molecule has 0 saturated carbocycles. The third-order valence-electron chi connectivity index (χ3n) is 3.97.